The number of amides is 1. The lowest BCUT2D eigenvalue weighted by Gasteiger charge is -2.24. The van der Waals surface area contributed by atoms with Crippen molar-refractivity contribution in [1.29, 1.82) is 0 Å². The molecule has 2 atom stereocenters. The van der Waals surface area contributed by atoms with Crippen molar-refractivity contribution in [2.75, 3.05) is 7.11 Å². The molecule has 3 aromatic rings. The van der Waals surface area contributed by atoms with E-state index in [4.69, 9.17) is 9.47 Å². The molecule has 0 bridgehead atoms. The molecule has 0 aromatic heterocycles. The summed E-state index contributed by atoms with van der Waals surface area (Å²) in [7, 11) is 1.43. The first-order chi connectivity index (χ1) is 20.1. The molecule has 1 fully saturated rings. The molecule has 1 aliphatic carbocycles. The Hall–Kier alpha value is -3.76. The van der Waals surface area contributed by atoms with Crippen molar-refractivity contribution in [2.24, 2.45) is 0 Å². The summed E-state index contributed by atoms with van der Waals surface area (Å²) in [5.74, 6) is -0.261. The topological polar surface area (TPSA) is 38.8 Å². The molecule has 5 rings (SSSR count). The molecule has 3 aromatic carbocycles. The number of hydrogen-bond acceptors (Lipinski definition) is 3. The zero-order chi connectivity index (χ0) is 31.4. The molecular formula is C32H30F7NO3. The number of hydrogen-bond donors (Lipinski definition) is 0. The Labute approximate surface area is 244 Å². The van der Waals surface area contributed by atoms with Crippen molar-refractivity contribution in [2.45, 2.75) is 77.0 Å². The van der Waals surface area contributed by atoms with Crippen LogP contribution in [0.1, 0.15) is 78.2 Å². The quantitative estimate of drug-likeness (QED) is 0.262. The number of rotatable bonds is 6. The van der Waals surface area contributed by atoms with Gasteiger partial charge in [0, 0.05) is 11.6 Å². The van der Waals surface area contributed by atoms with Crippen LogP contribution >= 0.6 is 0 Å². The van der Waals surface area contributed by atoms with E-state index in [1.807, 2.05) is 26.0 Å². The van der Waals surface area contributed by atoms with Gasteiger partial charge in [0.2, 0.25) is 0 Å². The molecule has 43 heavy (non-hydrogen) atoms. The molecule has 0 unspecified atom stereocenters. The minimum absolute atomic E-state index is 0.0399. The molecule has 0 saturated carbocycles. The van der Waals surface area contributed by atoms with Crippen LogP contribution in [-0.4, -0.2) is 24.1 Å². The smallest absolute Gasteiger partial charge is 0.416 e. The van der Waals surface area contributed by atoms with Gasteiger partial charge in [-0.25, -0.2) is 9.18 Å². The van der Waals surface area contributed by atoms with Gasteiger partial charge in [-0.3, -0.25) is 4.90 Å². The first kappa shape index (κ1) is 30.7. The number of carbonyl (C=O) groups excluding carboxylic acids is 1. The maximum absolute atomic E-state index is 14.9. The monoisotopic (exact) mass is 609 g/mol. The molecule has 0 radical (unpaired) electrons. The number of carbonyl (C=O) groups is 1. The number of alkyl halides is 6. The largest absolute Gasteiger partial charge is 0.496 e. The van der Waals surface area contributed by atoms with Crippen LogP contribution in [0.15, 0.2) is 42.5 Å². The van der Waals surface area contributed by atoms with E-state index in [9.17, 15) is 35.5 Å². The molecule has 1 aliphatic heterocycles. The van der Waals surface area contributed by atoms with Gasteiger partial charge in [0.05, 0.1) is 30.8 Å². The van der Waals surface area contributed by atoms with E-state index in [2.05, 4.69) is 0 Å². The third-order valence-corrected chi connectivity index (χ3v) is 8.22. The second-order valence-corrected chi connectivity index (χ2v) is 11.4. The lowest BCUT2D eigenvalue weighted by Crippen LogP contribution is -2.31. The second kappa shape index (κ2) is 11.1. The summed E-state index contributed by atoms with van der Waals surface area (Å²) in [6.07, 6.45) is -9.74. The molecule has 1 saturated heterocycles. The number of cyclic esters (lactones) is 1. The van der Waals surface area contributed by atoms with Crippen LogP contribution in [0.2, 0.25) is 0 Å². The predicted octanol–water partition coefficient (Wildman–Crippen LogP) is 9.23. The highest BCUT2D eigenvalue weighted by Crippen LogP contribution is 2.43. The van der Waals surface area contributed by atoms with E-state index >= 15 is 0 Å². The summed E-state index contributed by atoms with van der Waals surface area (Å²) in [4.78, 5) is 14.4. The fraction of sp³-hybridized carbons (Fsp3) is 0.406. The van der Waals surface area contributed by atoms with Gasteiger partial charge in [-0.2, -0.15) is 26.3 Å². The first-order valence-electron chi connectivity index (χ1n) is 13.9. The van der Waals surface area contributed by atoms with Gasteiger partial charge in [-0.1, -0.05) is 26.0 Å². The van der Waals surface area contributed by atoms with E-state index in [0.717, 1.165) is 30.4 Å². The van der Waals surface area contributed by atoms with Gasteiger partial charge < -0.3 is 9.47 Å². The molecule has 11 heteroatoms. The molecular weight excluding hydrogens is 579 g/mol. The van der Waals surface area contributed by atoms with Crippen LogP contribution in [-0.2, 0) is 36.5 Å². The molecule has 1 heterocycles. The predicted molar refractivity (Wildman–Crippen MR) is 145 cm³/mol. The van der Waals surface area contributed by atoms with E-state index in [1.54, 1.807) is 6.07 Å². The fourth-order valence-electron chi connectivity index (χ4n) is 5.94. The summed E-state index contributed by atoms with van der Waals surface area (Å²) in [5.41, 5.74) is 1.27. The van der Waals surface area contributed by atoms with Crippen molar-refractivity contribution in [3.63, 3.8) is 0 Å². The van der Waals surface area contributed by atoms with Gasteiger partial charge in [0.25, 0.3) is 0 Å². The Balaban J connectivity index is 1.56. The summed E-state index contributed by atoms with van der Waals surface area (Å²) in [6, 6.07) is 7.29. The lowest BCUT2D eigenvalue weighted by atomic mass is 9.90. The van der Waals surface area contributed by atoms with Gasteiger partial charge in [-0.05, 0) is 89.8 Å². The zero-order valence-electron chi connectivity index (χ0n) is 23.9. The Morgan fingerprint density at radius 1 is 0.907 bits per heavy atom. The Morgan fingerprint density at radius 3 is 2.07 bits per heavy atom. The van der Waals surface area contributed by atoms with E-state index in [0.29, 0.717) is 40.1 Å². The Bertz CT molecular complexity index is 1530. The van der Waals surface area contributed by atoms with Gasteiger partial charge in [-0.15, -0.1) is 0 Å². The summed E-state index contributed by atoms with van der Waals surface area (Å²) in [5, 5.41) is 0. The standard InChI is InChI=1S/C32H30F7NO3/c1-16(2)24-13-26(28(42-4)14-27(24)33)25-11-19-7-5-6-18(19)8-21(25)15-40-17(3)29(43-30(40)41)20-9-22(31(34,35)36)12-23(10-20)32(37,38)39/h8-14,16-17,29H,5-7,15H2,1-4H3/t17-,29-/m0/s1. The third kappa shape index (κ3) is 5.90. The normalized spacial score (nSPS) is 18.8. The highest BCUT2D eigenvalue weighted by molar-refractivity contribution is 5.77. The minimum Gasteiger partial charge on any atom is -0.496 e. The average molecular weight is 610 g/mol. The molecule has 230 valence electrons. The van der Waals surface area contributed by atoms with E-state index in [1.165, 1.54) is 25.0 Å². The zero-order valence-corrected chi connectivity index (χ0v) is 23.9. The SMILES string of the molecule is COc1cc(F)c(C(C)C)cc1-c1cc2c(cc1CN1C(=O)O[C@H](c3cc(C(F)(F)F)cc(C(F)(F)F)c3)[C@@H]1C)CCC2. The van der Waals surface area contributed by atoms with Crippen molar-refractivity contribution < 1.29 is 45.0 Å². The third-order valence-electron chi connectivity index (χ3n) is 8.22. The number of aryl methyl sites for hydroxylation is 2. The van der Waals surface area contributed by atoms with Crippen molar-refractivity contribution >= 4 is 6.09 Å². The number of nitrogens with zero attached hydrogens (tertiary/aromatic N) is 1. The van der Waals surface area contributed by atoms with Crippen LogP contribution in [0.25, 0.3) is 11.1 Å². The highest BCUT2D eigenvalue weighted by atomic mass is 19.4. The van der Waals surface area contributed by atoms with Gasteiger partial charge in [0.1, 0.15) is 17.7 Å². The van der Waals surface area contributed by atoms with Crippen molar-refractivity contribution in [3.8, 4) is 16.9 Å². The maximum atomic E-state index is 14.9. The Kier molecular flexibility index (Phi) is 7.89. The summed E-state index contributed by atoms with van der Waals surface area (Å²) < 4.78 is 107. The number of fused-ring (bicyclic) bond motifs is 1. The number of ether oxygens (including phenoxy) is 2. The van der Waals surface area contributed by atoms with Crippen molar-refractivity contribution in [1.82, 2.24) is 4.90 Å². The Morgan fingerprint density at radius 2 is 1.51 bits per heavy atom. The highest BCUT2D eigenvalue weighted by Gasteiger charge is 2.43. The van der Waals surface area contributed by atoms with Gasteiger partial charge in [0.15, 0.2) is 0 Å². The molecule has 1 amide bonds. The van der Waals surface area contributed by atoms with E-state index < -0.39 is 53.1 Å². The number of halogens is 7. The summed E-state index contributed by atoms with van der Waals surface area (Å²) in [6.45, 7) is 5.20. The van der Waals surface area contributed by atoms with Crippen LogP contribution < -0.4 is 4.74 Å². The maximum Gasteiger partial charge on any atom is 0.416 e. The van der Waals surface area contributed by atoms with Gasteiger partial charge >= 0.3 is 18.4 Å². The van der Waals surface area contributed by atoms with Crippen LogP contribution in [0.3, 0.4) is 0 Å². The van der Waals surface area contributed by atoms with Crippen molar-refractivity contribution in [3.05, 3.63) is 87.2 Å². The fourth-order valence-corrected chi connectivity index (χ4v) is 5.94. The first-order valence-corrected chi connectivity index (χ1v) is 13.9. The van der Waals surface area contributed by atoms with Crippen LogP contribution in [0.5, 0.6) is 5.75 Å². The minimum atomic E-state index is -5.04. The molecule has 4 nitrogen and oxygen atoms in total. The lowest BCUT2D eigenvalue weighted by molar-refractivity contribution is -0.143. The average Bonchev–Trinajstić information content (AvgIpc) is 3.50. The van der Waals surface area contributed by atoms with Crippen LogP contribution in [0, 0.1) is 5.82 Å². The second-order valence-electron chi connectivity index (χ2n) is 11.4. The van der Waals surface area contributed by atoms with Crippen LogP contribution in [0.4, 0.5) is 35.5 Å². The molecule has 0 spiro atoms. The number of benzene rings is 3. The molecule has 0 N–H and O–H groups in total. The summed E-state index contributed by atoms with van der Waals surface area (Å²) >= 11 is 0. The number of methoxy groups -OCH3 is 1. The molecule has 2 aliphatic rings. The van der Waals surface area contributed by atoms with E-state index in [-0.39, 0.29) is 18.5 Å².